The van der Waals surface area contributed by atoms with Gasteiger partial charge in [-0.05, 0) is 43.9 Å². The molecule has 0 bridgehead atoms. The van der Waals surface area contributed by atoms with Crippen molar-refractivity contribution in [2.24, 2.45) is 0 Å². The monoisotopic (exact) mass is 299 g/mol. The Morgan fingerprint density at radius 1 is 1.25 bits per heavy atom. The lowest BCUT2D eigenvalue weighted by Gasteiger charge is -2.34. The van der Waals surface area contributed by atoms with Crippen LogP contribution < -0.4 is 4.72 Å². The highest BCUT2D eigenvalue weighted by atomic mass is 32.2. The molecule has 0 aliphatic carbocycles. The summed E-state index contributed by atoms with van der Waals surface area (Å²) in [5.74, 6) is 0. The van der Waals surface area contributed by atoms with Gasteiger partial charge in [0, 0.05) is 25.4 Å². The van der Waals surface area contributed by atoms with E-state index >= 15 is 0 Å². The summed E-state index contributed by atoms with van der Waals surface area (Å²) < 4.78 is 32.8. The molecule has 1 aliphatic heterocycles. The summed E-state index contributed by atoms with van der Waals surface area (Å²) in [6.45, 7) is 3.12. The summed E-state index contributed by atoms with van der Waals surface area (Å²) in [6.07, 6.45) is 1.88. The Bertz CT molecular complexity index is 533. The van der Waals surface area contributed by atoms with E-state index in [1.54, 1.807) is 24.3 Å². The van der Waals surface area contributed by atoms with E-state index in [1.165, 1.54) is 0 Å². The summed E-state index contributed by atoms with van der Waals surface area (Å²) >= 11 is 0. The van der Waals surface area contributed by atoms with Crippen molar-refractivity contribution in [1.29, 1.82) is 0 Å². The summed E-state index contributed by atoms with van der Waals surface area (Å²) in [7, 11) is -3.52. The first-order valence-corrected chi connectivity index (χ1v) is 8.25. The zero-order chi connectivity index (χ0) is 14.6. The molecule has 0 unspecified atom stereocenters. The van der Waals surface area contributed by atoms with Crippen molar-refractivity contribution < 1.29 is 18.3 Å². The molecular formula is C14H21NO4S. The molecule has 0 saturated carbocycles. The first-order chi connectivity index (χ1) is 9.45. The Balaban J connectivity index is 2.13. The second-order valence-corrected chi connectivity index (χ2v) is 7.08. The number of benzene rings is 1. The van der Waals surface area contributed by atoms with E-state index in [9.17, 15) is 8.42 Å². The molecule has 0 spiro atoms. The molecule has 1 aromatic rings. The Labute approximate surface area is 120 Å². The number of hydrogen-bond donors (Lipinski definition) is 2. The summed E-state index contributed by atoms with van der Waals surface area (Å²) in [4.78, 5) is 0.256. The average Bonchev–Trinajstić information content (AvgIpc) is 2.39. The molecule has 0 amide bonds. The van der Waals surface area contributed by atoms with E-state index in [0.29, 0.717) is 32.5 Å². The molecule has 0 radical (unpaired) electrons. The maximum Gasteiger partial charge on any atom is 0.241 e. The van der Waals surface area contributed by atoms with Crippen molar-refractivity contribution in [2.45, 2.75) is 36.6 Å². The lowest BCUT2D eigenvalue weighted by atomic mass is 9.94. The van der Waals surface area contributed by atoms with Crippen LogP contribution in [0.4, 0.5) is 0 Å². The third-order valence-electron chi connectivity index (χ3n) is 3.61. The van der Waals surface area contributed by atoms with Gasteiger partial charge in [-0.15, -0.1) is 0 Å². The summed E-state index contributed by atoms with van der Waals surface area (Å²) in [5, 5.41) is 8.86. The quantitative estimate of drug-likeness (QED) is 0.853. The summed E-state index contributed by atoms with van der Waals surface area (Å²) in [6, 6.07) is 6.63. The minimum atomic E-state index is -3.52. The lowest BCUT2D eigenvalue weighted by molar-refractivity contribution is 0.0537. The van der Waals surface area contributed by atoms with Crippen LogP contribution in [0.5, 0.6) is 0 Å². The van der Waals surface area contributed by atoms with Crippen LogP contribution in [0.2, 0.25) is 0 Å². The number of ether oxygens (including phenoxy) is 1. The van der Waals surface area contributed by atoms with Crippen LogP contribution in [-0.4, -0.2) is 38.9 Å². The molecule has 1 aromatic carbocycles. The fraction of sp³-hybridized carbons (Fsp3) is 0.571. The first-order valence-electron chi connectivity index (χ1n) is 6.77. The van der Waals surface area contributed by atoms with Gasteiger partial charge in [0.2, 0.25) is 10.0 Å². The van der Waals surface area contributed by atoms with Gasteiger partial charge in [-0.1, -0.05) is 12.1 Å². The smallest absolute Gasteiger partial charge is 0.241 e. The fourth-order valence-electron chi connectivity index (χ4n) is 2.27. The third-order valence-corrected chi connectivity index (χ3v) is 5.27. The number of aliphatic hydroxyl groups excluding tert-OH is 1. The second kappa shape index (κ2) is 6.22. The van der Waals surface area contributed by atoms with Gasteiger partial charge in [-0.2, -0.15) is 0 Å². The maximum absolute atomic E-state index is 12.4. The Hall–Kier alpha value is -0.950. The minimum absolute atomic E-state index is 0.0580. The zero-order valence-corrected chi connectivity index (χ0v) is 12.4. The second-order valence-electron chi connectivity index (χ2n) is 5.40. The highest BCUT2D eigenvalue weighted by molar-refractivity contribution is 7.89. The molecule has 112 valence electrons. The van der Waals surface area contributed by atoms with Gasteiger partial charge in [0.25, 0.3) is 0 Å². The van der Waals surface area contributed by atoms with E-state index in [-0.39, 0.29) is 11.5 Å². The Morgan fingerprint density at radius 3 is 2.40 bits per heavy atom. The van der Waals surface area contributed by atoms with Crippen LogP contribution in [0.25, 0.3) is 0 Å². The predicted octanol–water partition coefficient (Wildman–Crippen LogP) is 1.07. The van der Waals surface area contributed by atoms with Crippen molar-refractivity contribution >= 4 is 10.0 Å². The standard InChI is InChI=1S/C14H21NO4S/c1-14(7-10-19-11-8-14)15-20(17,18)13-4-2-12(3-5-13)6-9-16/h2-5,15-16H,6-11H2,1H3. The largest absolute Gasteiger partial charge is 0.396 e. The van der Waals surface area contributed by atoms with E-state index in [1.807, 2.05) is 6.92 Å². The van der Waals surface area contributed by atoms with E-state index in [4.69, 9.17) is 9.84 Å². The molecule has 0 aromatic heterocycles. The van der Waals surface area contributed by atoms with Crippen LogP contribution in [0.1, 0.15) is 25.3 Å². The molecule has 1 saturated heterocycles. The highest BCUT2D eigenvalue weighted by Crippen LogP contribution is 2.23. The predicted molar refractivity (Wildman–Crippen MR) is 76.0 cm³/mol. The number of rotatable bonds is 5. The number of aliphatic hydroxyl groups is 1. The van der Waals surface area contributed by atoms with Crippen molar-refractivity contribution in [3.05, 3.63) is 29.8 Å². The van der Waals surface area contributed by atoms with Crippen LogP contribution in [0, 0.1) is 0 Å². The van der Waals surface area contributed by atoms with Crippen LogP contribution in [-0.2, 0) is 21.2 Å². The topological polar surface area (TPSA) is 75.6 Å². The highest BCUT2D eigenvalue weighted by Gasteiger charge is 2.32. The Morgan fingerprint density at radius 2 is 1.85 bits per heavy atom. The summed E-state index contributed by atoms with van der Waals surface area (Å²) in [5.41, 5.74) is 0.477. The van der Waals surface area contributed by atoms with E-state index in [2.05, 4.69) is 4.72 Å². The molecule has 20 heavy (non-hydrogen) atoms. The molecule has 1 fully saturated rings. The SMILES string of the molecule is CC1(NS(=O)(=O)c2ccc(CCO)cc2)CCOCC1. The third kappa shape index (κ3) is 3.79. The molecule has 2 rings (SSSR count). The minimum Gasteiger partial charge on any atom is -0.396 e. The Kier molecular flexibility index (Phi) is 4.80. The van der Waals surface area contributed by atoms with Gasteiger partial charge in [-0.25, -0.2) is 13.1 Å². The molecule has 6 heteroatoms. The molecule has 1 aliphatic rings. The van der Waals surface area contributed by atoms with Crippen molar-refractivity contribution in [2.75, 3.05) is 19.8 Å². The van der Waals surface area contributed by atoms with Gasteiger partial charge in [0.05, 0.1) is 4.90 Å². The zero-order valence-electron chi connectivity index (χ0n) is 11.6. The molecule has 2 N–H and O–H groups in total. The van der Waals surface area contributed by atoms with Crippen molar-refractivity contribution in [3.8, 4) is 0 Å². The molecule has 5 nitrogen and oxygen atoms in total. The molecule has 1 heterocycles. The number of hydrogen-bond acceptors (Lipinski definition) is 4. The fourth-order valence-corrected chi connectivity index (χ4v) is 3.74. The van der Waals surface area contributed by atoms with Crippen molar-refractivity contribution in [3.63, 3.8) is 0 Å². The van der Waals surface area contributed by atoms with E-state index < -0.39 is 15.6 Å². The molecular weight excluding hydrogens is 278 g/mol. The van der Waals surface area contributed by atoms with Crippen molar-refractivity contribution in [1.82, 2.24) is 4.72 Å². The first kappa shape index (κ1) is 15.4. The van der Waals surface area contributed by atoms with Crippen LogP contribution in [0.15, 0.2) is 29.2 Å². The molecule has 0 atom stereocenters. The van der Waals surface area contributed by atoms with Gasteiger partial charge < -0.3 is 9.84 Å². The van der Waals surface area contributed by atoms with Crippen LogP contribution >= 0.6 is 0 Å². The van der Waals surface area contributed by atoms with Gasteiger partial charge >= 0.3 is 0 Å². The van der Waals surface area contributed by atoms with Crippen LogP contribution in [0.3, 0.4) is 0 Å². The average molecular weight is 299 g/mol. The van der Waals surface area contributed by atoms with Gasteiger partial charge in [0.1, 0.15) is 0 Å². The lowest BCUT2D eigenvalue weighted by Crippen LogP contribution is -2.49. The number of nitrogens with one attached hydrogen (secondary N) is 1. The van der Waals surface area contributed by atoms with E-state index in [0.717, 1.165) is 5.56 Å². The van der Waals surface area contributed by atoms with Gasteiger partial charge in [-0.3, -0.25) is 0 Å². The normalized spacial score (nSPS) is 18.9. The maximum atomic E-state index is 12.4. The van der Waals surface area contributed by atoms with Gasteiger partial charge in [0.15, 0.2) is 0 Å². The number of sulfonamides is 1.